The van der Waals surface area contributed by atoms with Gasteiger partial charge in [0.05, 0.1) is 5.69 Å². The number of nitrogens with one attached hydrogen (secondary N) is 1. The number of nitriles is 1. The highest BCUT2D eigenvalue weighted by Crippen LogP contribution is 2.34. The van der Waals surface area contributed by atoms with E-state index in [0.29, 0.717) is 29.5 Å². The van der Waals surface area contributed by atoms with E-state index in [2.05, 4.69) is 33.5 Å². The lowest BCUT2D eigenvalue weighted by Crippen LogP contribution is -2.52. The Kier molecular flexibility index (Phi) is 3.81. The van der Waals surface area contributed by atoms with Gasteiger partial charge >= 0.3 is 0 Å². The second-order valence-electron chi connectivity index (χ2n) is 6.46. The predicted octanol–water partition coefficient (Wildman–Crippen LogP) is 2.39. The van der Waals surface area contributed by atoms with E-state index in [9.17, 15) is 5.26 Å². The summed E-state index contributed by atoms with van der Waals surface area (Å²) in [5.41, 5.74) is 2.41. The summed E-state index contributed by atoms with van der Waals surface area (Å²) in [6.07, 6.45) is 6.18. The van der Waals surface area contributed by atoms with Gasteiger partial charge in [-0.2, -0.15) is 10.4 Å². The number of piperidine rings is 2. The van der Waals surface area contributed by atoms with Gasteiger partial charge in [-0.3, -0.25) is 0 Å². The number of hydrogen-bond acceptors (Lipinski definition) is 5. The summed E-state index contributed by atoms with van der Waals surface area (Å²) in [5.74, 6) is 0.660. The van der Waals surface area contributed by atoms with Crippen molar-refractivity contribution < 1.29 is 0 Å². The van der Waals surface area contributed by atoms with Crippen molar-refractivity contribution in [3.8, 4) is 6.07 Å². The molecule has 5 nitrogen and oxygen atoms in total. The van der Waals surface area contributed by atoms with E-state index < -0.39 is 0 Å². The van der Waals surface area contributed by atoms with Crippen LogP contribution in [-0.4, -0.2) is 40.3 Å². The Hall–Kier alpha value is -1.67. The maximum atomic E-state index is 9.39. The Labute approximate surface area is 126 Å². The standard InChI is InChI=1S/C16H23N5/c1-10-11(2)19-20-16(15(10)9-17)18-12-7-13-5-4-6-14(8-12)21(13)3/h12-14H,4-8H2,1-3H3,(H,18,20). The molecule has 0 aliphatic carbocycles. The van der Waals surface area contributed by atoms with Gasteiger partial charge in [-0.15, -0.1) is 5.10 Å². The van der Waals surface area contributed by atoms with E-state index >= 15 is 0 Å². The molecule has 0 spiro atoms. The lowest BCUT2D eigenvalue weighted by Gasteiger charge is -2.47. The Morgan fingerprint density at radius 3 is 2.48 bits per heavy atom. The molecule has 1 aromatic heterocycles. The molecule has 2 aliphatic rings. The van der Waals surface area contributed by atoms with Crippen molar-refractivity contribution in [3.05, 3.63) is 16.8 Å². The molecule has 3 heterocycles. The highest BCUT2D eigenvalue weighted by Gasteiger charge is 2.36. The van der Waals surface area contributed by atoms with Crippen LogP contribution in [-0.2, 0) is 0 Å². The minimum atomic E-state index is 0.403. The quantitative estimate of drug-likeness (QED) is 0.904. The molecule has 112 valence electrons. The first-order valence-corrected chi connectivity index (χ1v) is 7.82. The Balaban J connectivity index is 1.79. The second kappa shape index (κ2) is 5.61. The second-order valence-corrected chi connectivity index (χ2v) is 6.46. The molecule has 2 aliphatic heterocycles. The zero-order chi connectivity index (χ0) is 15.0. The molecule has 2 atom stereocenters. The van der Waals surface area contributed by atoms with Gasteiger partial charge in [-0.25, -0.2) is 0 Å². The molecule has 2 bridgehead atoms. The van der Waals surface area contributed by atoms with E-state index in [1.165, 1.54) is 19.3 Å². The van der Waals surface area contributed by atoms with Crippen LogP contribution in [0, 0.1) is 25.2 Å². The van der Waals surface area contributed by atoms with E-state index in [1.807, 2.05) is 13.8 Å². The van der Waals surface area contributed by atoms with Gasteiger partial charge in [0.15, 0.2) is 5.82 Å². The van der Waals surface area contributed by atoms with Crippen LogP contribution in [0.15, 0.2) is 0 Å². The molecular formula is C16H23N5. The van der Waals surface area contributed by atoms with Crippen molar-refractivity contribution in [2.45, 2.75) is 64.1 Å². The first kappa shape index (κ1) is 14.3. The molecular weight excluding hydrogens is 262 g/mol. The zero-order valence-corrected chi connectivity index (χ0v) is 13.1. The summed E-state index contributed by atoms with van der Waals surface area (Å²) in [6.45, 7) is 3.84. The largest absolute Gasteiger partial charge is 0.365 e. The van der Waals surface area contributed by atoms with E-state index in [4.69, 9.17) is 0 Å². The topological polar surface area (TPSA) is 64.8 Å². The van der Waals surface area contributed by atoms with Gasteiger partial charge in [-0.1, -0.05) is 6.42 Å². The van der Waals surface area contributed by atoms with E-state index in [1.54, 1.807) is 0 Å². The van der Waals surface area contributed by atoms with Crippen molar-refractivity contribution in [3.63, 3.8) is 0 Å². The average Bonchev–Trinajstić information content (AvgIpc) is 2.44. The van der Waals surface area contributed by atoms with Crippen molar-refractivity contribution in [1.82, 2.24) is 15.1 Å². The molecule has 3 rings (SSSR count). The highest BCUT2D eigenvalue weighted by molar-refractivity contribution is 5.56. The third-order valence-electron chi connectivity index (χ3n) is 5.25. The summed E-state index contributed by atoms with van der Waals surface area (Å²) in [5, 5.41) is 21.3. The smallest absolute Gasteiger partial charge is 0.167 e. The SMILES string of the molecule is Cc1nnc(NC2CC3CCCC(C2)N3C)c(C#N)c1C. The van der Waals surface area contributed by atoms with Crippen LogP contribution in [0.2, 0.25) is 0 Å². The molecule has 0 radical (unpaired) electrons. The van der Waals surface area contributed by atoms with Crippen molar-refractivity contribution in [2.24, 2.45) is 0 Å². The molecule has 21 heavy (non-hydrogen) atoms. The Bertz CT molecular complexity index is 563. The number of aryl methyl sites for hydroxylation is 1. The summed E-state index contributed by atoms with van der Waals surface area (Å²) in [6, 6.07) is 4.01. The summed E-state index contributed by atoms with van der Waals surface area (Å²) in [4.78, 5) is 2.54. The zero-order valence-electron chi connectivity index (χ0n) is 13.1. The molecule has 2 unspecified atom stereocenters. The van der Waals surface area contributed by atoms with Gasteiger partial charge in [0.2, 0.25) is 0 Å². The highest BCUT2D eigenvalue weighted by atomic mass is 15.2. The number of nitrogens with zero attached hydrogens (tertiary/aromatic N) is 4. The normalized spacial score (nSPS) is 29.0. The Morgan fingerprint density at radius 2 is 1.86 bits per heavy atom. The Morgan fingerprint density at radius 1 is 1.19 bits per heavy atom. The van der Waals surface area contributed by atoms with Crippen molar-refractivity contribution >= 4 is 5.82 Å². The van der Waals surface area contributed by atoms with Crippen LogP contribution < -0.4 is 5.32 Å². The first-order valence-electron chi connectivity index (χ1n) is 7.82. The lowest BCUT2D eigenvalue weighted by molar-refractivity contribution is 0.0607. The van der Waals surface area contributed by atoms with Gasteiger partial charge in [0.1, 0.15) is 11.6 Å². The summed E-state index contributed by atoms with van der Waals surface area (Å²) in [7, 11) is 2.25. The maximum absolute atomic E-state index is 9.39. The fourth-order valence-electron chi connectivity index (χ4n) is 3.77. The third-order valence-corrected chi connectivity index (χ3v) is 5.25. The number of aromatic nitrogens is 2. The fourth-order valence-corrected chi connectivity index (χ4v) is 3.77. The molecule has 0 aromatic carbocycles. The molecule has 0 amide bonds. The molecule has 2 fully saturated rings. The number of rotatable bonds is 2. The van der Waals surface area contributed by atoms with E-state index in [0.717, 1.165) is 24.1 Å². The van der Waals surface area contributed by atoms with E-state index in [-0.39, 0.29) is 0 Å². The molecule has 1 aromatic rings. The predicted molar refractivity (Wildman–Crippen MR) is 82.1 cm³/mol. The summed E-state index contributed by atoms with van der Waals surface area (Å²) >= 11 is 0. The minimum absolute atomic E-state index is 0.403. The van der Waals surface area contributed by atoms with Gasteiger partial charge in [0.25, 0.3) is 0 Å². The van der Waals surface area contributed by atoms with Crippen LogP contribution in [0.4, 0.5) is 5.82 Å². The van der Waals surface area contributed by atoms with Crippen molar-refractivity contribution in [2.75, 3.05) is 12.4 Å². The van der Waals surface area contributed by atoms with Gasteiger partial charge in [-0.05, 0) is 52.1 Å². The van der Waals surface area contributed by atoms with Crippen LogP contribution in [0.5, 0.6) is 0 Å². The molecule has 5 heteroatoms. The first-order chi connectivity index (χ1) is 10.1. The van der Waals surface area contributed by atoms with Crippen LogP contribution in [0.25, 0.3) is 0 Å². The third kappa shape index (κ3) is 2.60. The van der Waals surface area contributed by atoms with Crippen molar-refractivity contribution in [1.29, 1.82) is 5.26 Å². The molecule has 1 N–H and O–H groups in total. The van der Waals surface area contributed by atoms with Crippen LogP contribution in [0.1, 0.15) is 48.9 Å². The number of hydrogen-bond donors (Lipinski definition) is 1. The monoisotopic (exact) mass is 285 g/mol. The average molecular weight is 285 g/mol. The summed E-state index contributed by atoms with van der Waals surface area (Å²) < 4.78 is 0. The van der Waals surface area contributed by atoms with Crippen LogP contribution in [0.3, 0.4) is 0 Å². The number of fused-ring (bicyclic) bond motifs is 2. The number of anilines is 1. The van der Waals surface area contributed by atoms with Gasteiger partial charge in [0, 0.05) is 18.1 Å². The van der Waals surface area contributed by atoms with Crippen LogP contribution >= 0.6 is 0 Å². The fraction of sp³-hybridized carbons (Fsp3) is 0.688. The molecule has 2 saturated heterocycles. The molecule has 0 saturated carbocycles. The maximum Gasteiger partial charge on any atom is 0.167 e. The minimum Gasteiger partial charge on any atom is -0.365 e. The van der Waals surface area contributed by atoms with Gasteiger partial charge < -0.3 is 10.2 Å². The lowest BCUT2D eigenvalue weighted by atomic mass is 9.82.